The van der Waals surface area contributed by atoms with E-state index in [-0.39, 0.29) is 0 Å². The number of hydrogen-bond acceptors (Lipinski definition) is 2. The molecule has 0 unspecified atom stereocenters. The van der Waals surface area contributed by atoms with Crippen molar-refractivity contribution >= 4 is 5.84 Å². The number of piperidine rings is 1. The van der Waals surface area contributed by atoms with Crippen molar-refractivity contribution in [2.45, 2.75) is 19.3 Å². The van der Waals surface area contributed by atoms with E-state index in [0.29, 0.717) is 11.8 Å². The van der Waals surface area contributed by atoms with Gasteiger partial charge in [-0.25, -0.2) is 0 Å². The third kappa shape index (κ3) is 2.89. The molecule has 0 aromatic rings. The Labute approximate surface area is 68.1 Å². The van der Waals surface area contributed by atoms with Crippen molar-refractivity contribution in [3.63, 3.8) is 0 Å². The van der Waals surface area contributed by atoms with Gasteiger partial charge in [-0.05, 0) is 38.9 Å². The average Bonchev–Trinajstić information content (AvgIpc) is 1.93. The maximum Gasteiger partial charge on any atom is 0.0908 e. The standard InChI is InChI=1S/C8H17N3/c1-11-4-2-7(3-5-11)6-8(9)10/h7H,2-6H2,1H3,(H3,9,10). The summed E-state index contributed by atoms with van der Waals surface area (Å²) in [6, 6.07) is 0. The normalized spacial score (nSPS) is 21.9. The molecule has 0 amide bonds. The predicted octanol–water partition coefficient (Wildman–Crippen LogP) is 0.654. The molecule has 0 spiro atoms. The fourth-order valence-corrected chi connectivity index (χ4v) is 1.58. The number of amidine groups is 1. The highest BCUT2D eigenvalue weighted by Crippen LogP contribution is 2.18. The summed E-state index contributed by atoms with van der Waals surface area (Å²) in [5.41, 5.74) is 5.33. The van der Waals surface area contributed by atoms with Gasteiger partial charge < -0.3 is 10.6 Å². The van der Waals surface area contributed by atoms with E-state index < -0.39 is 0 Å². The highest BCUT2D eigenvalue weighted by atomic mass is 15.1. The quantitative estimate of drug-likeness (QED) is 0.454. The van der Waals surface area contributed by atoms with Gasteiger partial charge in [0.15, 0.2) is 0 Å². The Bertz CT molecular complexity index is 136. The first-order chi connectivity index (χ1) is 5.18. The molecule has 3 heteroatoms. The third-order valence-electron chi connectivity index (χ3n) is 2.35. The Morgan fingerprint density at radius 1 is 1.55 bits per heavy atom. The summed E-state index contributed by atoms with van der Waals surface area (Å²) >= 11 is 0. The van der Waals surface area contributed by atoms with Crippen LogP contribution in [-0.4, -0.2) is 30.9 Å². The topological polar surface area (TPSA) is 53.1 Å². The Morgan fingerprint density at radius 2 is 2.09 bits per heavy atom. The van der Waals surface area contributed by atoms with Crippen LogP contribution in [-0.2, 0) is 0 Å². The van der Waals surface area contributed by atoms with E-state index in [1.165, 1.54) is 12.8 Å². The van der Waals surface area contributed by atoms with Crippen molar-refractivity contribution in [1.29, 1.82) is 5.41 Å². The van der Waals surface area contributed by atoms with Crippen LogP contribution in [0, 0.1) is 11.3 Å². The van der Waals surface area contributed by atoms with Crippen LogP contribution in [0.25, 0.3) is 0 Å². The highest BCUT2D eigenvalue weighted by Gasteiger charge is 2.16. The maximum atomic E-state index is 7.15. The van der Waals surface area contributed by atoms with Crippen LogP contribution in [0.4, 0.5) is 0 Å². The van der Waals surface area contributed by atoms with Gasteiger partial charge in [-0.15, -0.1) is 0 Å². The molecular weight excluding hydrogens is 138 g/mol. The van der Waals surface area contributed by atoms with Gasteiger partial charge >= 0.3 is 0 Å². The molecule has 0 radical (unpaired) electrons. The first-order valence-corrected chi connectivity index (χ1v) is 4.20. The molecule has 0 saturated carbocycles. The van der Waals surface area contributed by atoms with Gasteiger partial charge in [-0.3, -0.25) is 5.41 Å². The smallest absolute Gasteiger partial charge is 0.0908 e. The van der Waals surface area contributed by atoms with E-state index in [1.54, 1.807) is 0 Å². The molecule has 1 saturated heterocycles. The van der Waals surface area contributed by atoms with E-state index in [1.807, 2.05) is 0 Å². The van der Waals surface area contributed by atoms with Crippen molar-refractivity contribution < 1.29 is 0 Å². The molecule has 0 bridgehead atoms. The number of nitrogens with two attached hydrogens (primary N) is 1. The summed E-state index contributed by atoms with van der Waals surface area (Å²) in [4.78, 5) is 2.33. The van der Waals surface area contributed by atoms with Crippen molar-refractivity contribution in [2.75, 3.05) is 20.1 Å². The zero-order valence-corrected chi connectivity index (χ0v) is 7.14. The summed E-state index contributed by atoms with van der Waals surface area (Å²) < 4.78 is 0. The second-order valence-electron chi connectivity index (χ2n) is 3.48. The number of nitrogens with zero attached hydrogens (tertiary/aromatic N) is 1. The zero-order chi connectivity index (χ0) is 8.27. The van der Waals surface area contributed by atoms with Crippen molar-refractivity contribution in [3.8, 4) is 0 Å². The monoisotopic (exact) mass is 155 g/mol. The Morgan fingerprint density at radius 3 is 2.55 bits per heavy atom. The molecule has 64 valence electrons. The Balaban J connectivity index is 2.22. The molecule has 1 heterocycles. The van der Waals surface area contributed by atoms with Gasteiger partial charge in [-0.1, -0.05) is 0 Å². The van der Waals surface area contributed by atoms with Crippen LogP contribution < -0.4 is 5.73 Å². The minimum Gasteiger partial charge on any atom is -0.388 e. The average molecular weight is 155 g/mol. The largest absolute Gasteiger partial charge is 0.388 e. The lowest BCUT2D eigenvalue weighted by atomic mass is 9.93. The SMILES string of the molecule is CN1CCC(CC(=N)N)CC1. The van der Waals surface area contributed by atoms with E-state index in [0.717, 1.165) is 19.5 Å². The van der Waals surface area contributed by atoms with Crippen LogP contribution in [0.15, 0.2) is 0 Å². The van der Waals surface area contributed by atoms with Gasteiger partial charge in [0.25, 0.3) is 0 Å². The van der Waals surface area contributed by atoms with Gasteiger partial charge in [0, 0.05) is 6.42 Å². The second-order valence-corrected chi connectivity index (χ2v) is 3.48. The van der Waals surface area contributed by atoms with E-state index in [2.05, 4.69) is 11.9 Å². The van der Waals surface area contributed by atoms with Gasteiger partial charge in [0.2, 0.25) is 0 Å². The summed E-state index contributed by atoms with van der Waals surface area (Å²) in [7, 11) is 2.14. The van der Waals surface area contributed by atoms with E-state index >= 15 is 0 Å². The molecule has 0 aliphatic carbocycles. The maximum absolute atomic E-state index is 7.15. The van der Waals surface area contributed by atoms with Crippen LogP contribution in [0.3, 0.4) is 0 Å². The Kier molecular flexibility index (Phi) is 2.88. The first kappa shape index (κ1) is 8.53. The molecule has 0 atom stereocenters. The number of rotatable bonds is 2. The first-order valence-electron chi connectivity index (χ1n) is 4.20. The number of likely N-dealkylation sites (tertiary alicyclic amines) is 1. The van der Waals surface area contributed by atoms with E-state index in [4.69, 9.17) is 11.1 Å². The van der Waals surface area contributed by atoms with Crippen LogP contribution in [0.2, 0.25) is 0 Å². The number of hydrogen-bond donors (Lipinski definition) is 2. The molecule has 1 fully saturated rings. The van der Waals surface area contributed by atoms with Crippen molar-refractivity contribution in [2.24, 2.45) is 11.7 Å². The Hall–Kier alpha value is -0.570. The predicted molar refractivity (Wildman–Crippen MR) is 46.8 cm³/mol. The molecule has 11 heavy (non-hydrogen) atoms. The van der Waals surface area contributed by atoms with Gasteiger partial charge in [0.05, 0.1) is 5.84 Å². The van der Waals surface area contributed by atoms with Crippen LogP contribution >= 0.6 is 0 Å². The summed E-state index contributed by atoms with van der Waals surface area (Å²) in [5.74, 6) is 1.02. The van der Waals surface area contributed by atoms with Gasteiger partial charge in [0.1, 0.15) is 0 Å². The third-order valence-corrected chi connectivity index (χ3v) is 2.35. The summed E-state index contributed by atoms with van der Waals surface area (Å²) in [5, 5.41) is 7.15. The van der Waals surface area contributed by atoms with Crippen molar-refractivity contribution in [1.82, 2.24) is 4.90 Å². The second kappa shape index (κ2) is 3.72. The van der Waals surface area contributed by atoms with Crippen LogP contribution in [0.5, 0.6) is 0 Å². The lowest BCUT2D eigenvalue weighted by molar-refractivity contribution is 0.223. The summed E-state index contributed by atoms with van der Waals surface area (Å²) in [6.07, 6.45) is 3.21. The fourth-order valence-electron chi connectivity index (χ4n) is 1.58. The molecule has 0 aromatic carbocycles. The summed E-state index contributed by atoms with van der Waals surface area (Å²) in [6.45, 7) is 2.33. The van der Waals surface area contributed by atoms with Gasteiger partial charge in [-0.2, -0.15) is 0 Å². The highest BCUT2D eigenvalue weighted by molar-refractivity contribution is 5.77. The minimum atomic E-state index is 0.347. The minimum absolute atomic E-state index is 0.347. The molecule has 0 aromatic heterocycles. The van der Waals surface area contributed by atoms with Crippen LogP contribution in [0.1, 0.15) is 19.3 Å². The lowest BCUT2D eigenvalue weighted by Gasteiger charge is -2.28. The molecule has 1 aliphatic heterocycles. The molecular formula is C8H17N3. The molecule has 1 rings (SSSR count). The molecule has 3 nitrogen and oxygen atoms in total. The molecule has 3 N–H and O–H groups in total. The lowest BCUT2D eigenvalue weighted by Crippen LogP contribution is -2.31. The number of nitrogens with one attached hydrogen (secondary N) is 1. The van der Waals surface area contributed by atoms with E-state index in [9.17, 15) is 0 Å². The zero-order valence-electron chi connectivity index (χ0n) is 7.14. The fraction of sp³-hybridized carbons (Fsp3) is 0.875. The molecule has 1 aliphatic rings. The van der Waals surface area contributed by atoms with Crippen molar-refractivity contribution in [3.05, 3.63) is 0 Å².